The molecule has 1 saturated heterocycles. The summed E-state index contributed by atoms with van der Waals surface area (Å²) in [6, 6.07) is 20.4. The average molecular weight is 394 g/mol. The smallest absolute Gasteiger partial charge is 0.227 e. The number of nitrogens with one attached hydrogen (secondary N) is 1. The molecule has 5 nitrogen and oxygen atoms in total. The fourth-order valence-corrected chi connectivity index (χ4v) is 3.60. The first-order chi connectivity index (χ1) is 13.7. The number of nitrogens with zero attached hydrogens (tertiary/aromatic N) is 4. The Bertz CT molecular complexity index is 923. The van der Waals surface area contributed by atoms with Gasteiger partial charge in [-0.3, -0.25) is 0 Å². The molecule has 0 radical (unpaired) electrons. The molecule has 0 spiro atoms. The Hall–Kier alpha value is -2.79. The zero-order chi connectivity index (χ0) is 19.3. The van der Waals surface area contributed by atoms with E-state index in [4.69, 9.17) is 16.6 Å². The van der Waals surface area contributed by atoms with Gasteiger partial charge in [0.05, 0.1) is 0 Å². The molecule has 0 bridgehead atoms. The Morgan fingerprint density at radius 1 is 0.893 bits per heavy atom. The van der Waals surface area contributed by atoms with Gasteiger partial charge >= 0.3 is 0 Å². The van der Waals surface area contributed by atoms with Crippen LogP contribution in [0, 0.1) is 6.92 Å². The van der Waals surface area contributed by atoms with Crippen LogP contribution in [0.15, 0.2) is 60.7 Å². The summed E-state index contributed by atoms with van der Waals surface area (Å²) in [6.45, 7) is 6.37. The number of aromatic nitrogens is 2. The number of aryl methyl sites for hydroxylation is 1. The van der Waals surface area contributed by atoms with Crippen LogP contribution < -0.4 is 15.1 Å². The molecule has 4 rings (SSSR count). The molecule has 144 valence electrons. The molecular weight excluding hydrogens is 370 g/mol. The highest BCUT2D eigenvalue weighted by Crippen LogP contribution is 2.22. The Kier molecular flexibility index (Phi) is 5.63. The van der Waals surface area contributed by atoms with Gasteiger partial charge in [-0.15, -0.1) is 0 Å². The van der Waals surface area contributed by atoms with Crippen LogP contribution in [-0.4, -0.2) is 36.1 Å². The van der Waals surface area contributed by atoms with Gasteiger partial charge < -0.3 is 15.1 Å². The summed E-state index contributed by atoms with van der Waals surface area (Å²) in [5, 5.41) is 4.19. The minimum absolute atomic E-state index is 0.749. The van der Waals surface area contributed by atoms with Crippen molar-refractivity contribution in [2.75, 3.05) is 41.3 Å². The van der Waals surface area contributed by atoms with E-state index in [0.29, 0.717) is 0 Å². The summed E-state index contributed by atoms with van der Waals surface area (Å²) in [5.74, 6) is 1.66. The van der Waals surface area contributed by atoms with Crippen molar-refractivity contribution in [2.45, 2.75) is 13.5 Å². The van der Waals surface area contributed by atoms with Crippen molar-refractivity contribution in [1.29, 1.82) is 0 Å². The van der Waals surface area contributed by atoms with Crippen molar-refractivity contribution in [3.8, 4) is 0 Å². The molecule has 2 heterocycles. The molecule has 1 aliphatic rings. The van der Waals surface area contributed by atoms with Crippen LogP contribution in [0.2, 0.25) is 5.02 Å². The molecule has 1 aliphatic heterocycles. The van der Waals surface area contributed by atoms with Crippen molar-refractivity contribution in [1.82, 2.24) is 9.97 Å². The lowest BCUT2D eigenvalue weighted by molar-refractivity contribution is 0.639. The molecule has 1 aromatic heterocycles. The van der Waals surface area contributed by atoms with E-state index in [0.717, 1.165) is 55.2 Å². The van der Waals surface area contributed by atoms with Crippen LogP contribution in [0.4, 0.5) is 17.5 Å². The van der Waals surface area contributed by atoms with Gasteiger partial charge in [-0.1, -0.05) is 48.0 Å². The highest BCUT2D eigenvalue weighted by Gasteiger charge is 2.20. The number of piperazine rings is 1. The van der Waals surface area contributed by atoms with Crippen molar-refractivity contribution in [3.63, 3.8) is 0 Å². The molecule has 28 heavy (non-hydrogen) atoms. The van der Waals surface area contributed by atoms with Gasteiger partial charge in [-0.05, 0) is 30.7 Å². The molecule has 1 fully saturated rings. The van der Waals surface area contributed by atoms with Crippen LogP contribution in [-0.2, 0) is 6.54 Å². The van der Waals surface area contributed by atoms with Crippen molar-refractivity contribution >= 4 is 29.1 Å². The largest absolute Gasteiger partial charge is 0.368 e. The van der Waals surface area contributed by atoms with Gasteiger partial charge in [0.15, 0.2) is 0 Å². The van der Waals surface area contributed by atoms with E-state index < -0.39 is 0 Å². The number of halogens is 1. The van der Waals surface area contributed by atoms with Gasteiger partial charge in [0.2, 0.25) is 5.95 Å². The van der Waals surface area contributed by atoms with Crippen LogP contribution >= 0.6 is 11.6 Å². The minimum atomic E-state index is 0.749. The third kappa shape index (κ3) is 4.54. The maximum absolute atomic E-state index is 6.13. The number of benzene rings is 2. The fourth-order valence-electron chi connectivity index (χ4n) is 3.41. The zero-order valence-corrected chi connectivity index (χ0v) is 16.7. The molecule has 2 aromatic carbocycles. The summed E-state index contributed by atoms with van der Waals surface area (Å²) < 4.78 is 0. The van der Waals surface area contributed by atoms with Crippen LogP contribution in [0.25, 0.3) is 0 Å². The quantitative estimate of drug-likeness (QED) is 0.697. The Morgan fingerprint density at radius 3 is 2.39 bits per heavy atom. The van der Waals surface area contributed by atoms with E-state index in [1.807, 2.05) is 49.4 Å². The molecule has 3 aromatic rings. The number of anilines is 3. The molecular formula is C22H24ClN5. The van der Waals surface area contributed by atoms with E-state index in [-0.39, 0.29) is 0 Å². The van der Waals surface area contributed by atoms with Gasteiger partial charge in [0.1, 0.15) is 5.82 Å². The number of hydrogen-bond acceptors (Lipinski definition) is 5. The highest BCUT2D eigenvalue weighted by atomic mass is 35.5. The average Bonchev–Trinajstić information content (AvgIpc) is 2.73. The van der Waals surface area contributed by atoms with Crippen LogP contribution in [0.1, 0.15) is 11.3 Å². The lowest BCUT2D eigenvalue weighted by atomic mass is 10.2. The van der Waals surface area contributed by atoms with Crippen molar-refractivity contribution in [2.24, 2.45) is 0 Å². The van der Waals surface area contributed by atoms with Crippen LogP contribution in [0.5, 0.6) is 0 Å². The first kappa shape index (κ1) is 18.6. The molecule has 6 heteroatoms. The molecule has 0 atom stereocenters. The van der Waals surface area contributed by atoms with E-state index >= 15 is 0 Å². The normalized spacial score (nSPS) is 14.2. The predicted molar refractivity (Wildman–Crippen MR) is 116 cm³/mol. The first-order valence-electron chi connectivity index (χ1n) is 9.56. The van der Waals surface area contributed by atoms with E-state index in [2.05, 4.69) is 38.3 Å². The minimum Gasteiger partial charge on any atom is -0.368 e. The van der Waals surface area contributed by atoms with Gasteiger partial charge in [0.25, 0.3) is 0 Å². The molecule has 0 unspecified atom stereocenters. The lowest BCUT2D eigenvalue weighted by Gasteiger charge is -2.36. The maximum Gasteiger partial charge on any atom is 0.227 e. The van der Waals surface area contributed by atoms with E-state index in [1.165, 1.54) is 11.3 Å². The Labute approximate surface area is 171 Å². The van der Waals surface area contributed by atoms with Crippen molar-refractivity contribution < 1.29 is 0 Å². The third-order valence-electron chi connectivity index (χ3n) is 4.89. The second-order valence-corrected chi connectivity index (χ2v) is 7.42. The molecule has 0 aliphatic carbocycles. The first-order valence-corrected chi connectivity index (χ1v) is 9.94. The van der Waals surface area contributed by atoms with Gasteiger partial charge in [-0.2, -0.15) is 4.98 Å². The monoisotopic (exact) mass is 393 g/mol. The van der Waals surface area contributed by atoms with Crippen LogP contribution in [0.3, 0.4) is 0 Å². The summed E-state index contributed by atoms with van der Waals surface area (Å²) >= 11 is 6.13. The second-order valence-electron chi connectivity index (χ2n) is 6.99. The van der Waals surface area contributed by atoms with Gasteiger partial charge in [0, 0.05) is 55.2 Å². The SMILES string of the molecule is Cc1cc(NCc2ccccc2)nc(N2CCN(c3cccc(Cl)c3)CC2)n1. The summed E-state index contributed by atoms with van der Waals surface area (Å²) in [6.07, 6.45) is 0. The number of rotatable bonds is 5. The Morgan fingerprint density at radius 2 is 1.64 bits per heavy atom. The summed E-state index contributed by atoms with van der Waals surface area (Å²) in [7, 11) is 0. The summed E-state index contributed by atoms with van der Waals surface area (Å²) in [5.41, 5.74) is 3.37. The Balaban J connectivity index is 1.41. The number of hydrogen-bond donors (Lipinski definition) is 1. The molecule has 1 N–H and O–H groups in total. The molecule has 0 amide bonds. The summed E-state index contributed by atoms with van der Waals surface area (Å²) in [4.78, 5) is 14.0. The van der Waals surface area contributed by atoms with E-state index in [1.54, 1.807) is 0 Å². The zero-order valence-electron chi connectivity index (χ0n) is 16.0. The predicted octanol–water partition coefficient (Wildman–Crippen LogP) is 4.38. The third-order valence-corrected chi connectivity index (χ3v) is 5.13. The second kappa shape index (κ2) is 8.48. The standard InChI is InChI=1S/C22H24ClN5/c1-17-14-21(24-16-18-6-3-2-4-7-18)26-22(25-17)28-12-10-27(11-13-28)20-9-5-8-19(23)15-20/h2-9,14-15H,10-13,16H2,1H3,(H,24,25,26). The lowest BCUT2D eigenvalue weighted by Crippen LogP contribution is -2.47. The maximum atomic E-state index is 6.13. The highest BCUT2D eigenvalue weighted by molar-refractivity contribution is 6.30. The van der Waals surface area contributed by atoms with E-state index in [9.17, 15) is 0 Å². The topological polar surface area (TPSA) is 44.3 Å². The van der Waals surface area contributed by atoms with Crippen molar-refractivity contribution in [3.05, 3.63) is 76.9 Å². The molecule has 0 saturated carbocycles. The van der Waals surface area contributed by atoms with Gasteiger partial charge in [-0.25, -0.2) is 4.98 Å². The fraction of sp³-hybridized carbons (Fsp3) is 0.273.